The van der Waals surface area contributed by atoms with E-state index in [1.54, 1.807) is 24.3 Å². The zero-order valence-electron chi connectivity index (χ0n) is 19.3. The van der Waals surface area contributed by atoms with Gasteiger partial charge in [0, 0.05) is 24.7 Å². The number of rotatable bonds is 8. The number of halogens is 4. The van der Waals surface area contributed by atoms with Crippen LogP contribution >= 0.6 is 15.9 Å². The third kappa shape index (κ3) is 6.59. The van der Waals surface area contributed by atoms with Crippen molar-refractivity contribution in [2.24, 2.45) is 16.7 Å². The SMILES string of the molecule is C=C/C(Br)=C1/NC(c2ccccc2O)=CC(=NCCCN(N)S(=O)(=O)c2cccc(C(F)(F)F)c2)N1N. The Balaban J connectivity index is 1.78. The van der Waals surface area contributed by atoms with Crippen LogP contribution in [0.1, 0.15) is 17.5 Å². The largest absolute Gasteiger partial charge is 0.507 e. The monoisotopic (exact) mass is 600 g/mol. The van der Waals surface area contributed by atoms with E-state index in [1.807, 2.05) is 0 Å². The van der Waals surface area contributed by atoms with E-state index in [9.17, 15) is 26.7 Å². The molecule has 2 aromatic rings. The number of phenolic OH excluding ortho intramolecular Hbond substituents is 1. The molecule has 3 rings (SSSR count). The molecule has 0 spiro atoms. The van der Waals surface area contributed by atoms with Gasteiger partial charge in [-0.1, -0.05) is 30.9 Å². The minimum atomic E-state index is -4.69. The van der Waals surface area contributed by atoms with E-state index in [1.165, 1.54) is 17.2 Å². The van der Waals surface area contributed by atoms with Crippen LogP contribution in [-0.2, 0) is 16.2 Å². The van der Waals surface area contributed by atoms with E-state index in [-0.39, 0.29) is 31.1 Å². The van der Waals surface area contributed by atoms with Crippen LogP contribution in [0.4, 0.5) is 13.2 Å². The number of phenols is 1. The van der Waals surface area contributed by atoms with Gasteiger partial charge in [0.1, 0.15) is 17.4 Å². The molecule has 6 N–H and O–H groups in total. The normalized spacial score (nSPS) is 17.0. The van der Waals surface area contributed by atoms with E-state index in [4.69, 9.17) is 11.7 Å². The summed E-state index contributed by atoms with van der Waals surface area (Å²) in [6, 6.07) is 10.0. The number of amidine groups is 1. The van der Waals surface area contributed by atoms with Crippen molar-refractivity contribution in [1.29, 1.82) is 0 Å². The lowest BCUT2D eigenvalue weighted by Gasteiger charge is -2.30. The molecule has 0 amide bonds. The van der Waals surface area contributed by atoms with Crippen molar-refractivity contribution in [3.05, 3.63) is 88.7 Å². The highest BCUT2D eigenvalue weighted by Crippen LogP contribution is 2.31. The molecule has 0 aromatic heterocycles. The molecule has 0 fully saturated rings. The second-order valence-electron chi connectivity index (χ2n) is 7.71. The highest BCUT2D eigenvalue weighted by atomic mass is 79.9. The molecule has 0 saturated carbocycles. The van der Waals surface area contributed by atoms with Crippen LogP contribution in [0.25, 0.3) is 5.70 Å². The van der Waals surface area contributed by atoms with Crippen LogP contribution in [0.3, 0.4) is 0 Å². The Morgan fingerprint density at radius 3 is 2.59 bits per heavy atom. The second kappa shape index (κ2) is 11.5. The summed E-state index contributed by atoms with van der Waals surface area (Å²) in [5.41, 5.74) is -0.102. The first-order valence-electron chi connectivity index (χ1n) is 10.7. The molecule has 14 heteroatoms. The second-order valence-corrected chi connectivity index (χ2v) is 10.5. The Hall–Kier alpha value is -3.17. The molecule has 0 saturated heterocycles. The van der Waals surface area contributed by atoms with Crippen molar-refractivity contribution < 1.29 is 26.7 Å². The molecule has 0 unspecified atom stereocenters. The number of allylic oxidation sites excluding steroid dienone is 2. The van der Waals surface area contributed by atoms with Crippen LogP contribution in [0, 0.1) is 0 Å². The van der Waals surface area contributed by atoms with Crippen LogP contribution in [-0.4, -0.2) is 41.9 Å². The number of sulfonamides is 1. The Morgan fingerprint density at radius 2 is 1.95 bits per heavy atom. The summed E-state index contributed by atoms with van der Waals surface area (Å²) in [4.78, 5) is 3.85. The van der Waals surface area contributed by atoms with Crippen LogP contribution < -0.4 is 17.0 Å². The highest BCUT2D eigenvalue weighted by Gasteiger charge is 2.32. The lowest BCUT2D eigenvalue weighted by molar-refractivity contribution is -0.137. The molecule has 1 aliphatic heterocycles. The molecule has 0 bridgehead atoms. The lowest BCUT2D eigenvalue weighted by Crippen LogP contribution is -2.45. The van der Waals surface area contributed by atoms with Gasteiger partial charge >= 0.3 is 6.18 Å². The fourth-order valence-electron chi connectivity index (χ4n) is 3.29. The summed E-state index contributed by atoms with van der Waals surface area (Å²) in [6.45, 7) is 3.56. The number of aromatic hydroxyl groups is 1. The van der Waals surface area contributed by atoms with Gasteiger partial charge in [-0.3, -0.25) is 10.8 Å². The van der Waals surface area contributed by atoms with Crippen molar-refractivity contribution in [1.82, 2.24) is 14.7 Å². The van der Waals surface area contributed by atoms with Crippen molar-refractivity contribution >= 4 is 37.5 Å². The molecule has 0 radical (unpaired) electrons. The number of hydrazine groups is 2. The molecule has 198 valence electrons. The predicted molar refractivity (Wildman–Crippen MR) is 138 cm³/mol. The first-order valence-corrected chi connectivity index (χ1v) is 12.9. The number of nitrogens with one attached hydrogen (secondary N) is 1. The summed E-state index contributed by atoms with van der Waals surface area (Å²) < 4.78 is 65.2. The molecule has 0 aliphatic carbocycles. The molecule has 1 heterocycles. The summed E-state index contributed by atoms with van der Waals surface area (Å²) in [6.07, 6.45) is -1.44. The van der Waals surface area contributed by atoms with Gasteiger partial charge in [0.15, 0.2) is 0 Å². The maximum absolute atomic E-state index is 13.0. The fraction of sp³-hybridized carbons (Fsp3) is 0.174. The first kappa shape index (κ1) is 28.4. The van der Waals surface area contributed by atoms with E-state index in [0.717, 1.165) is 18.2 Å². The number of nitrogens with zero attached hydrogens (tertiary/aromatic N) is 3. The van der Waals surface area contributed by atoms with E-state index < -0.39 is 26.7 Å². The summed E-state index contributed by atoms with van der Waals surface area (Å²) in [5, 5.41) is 14.6. The third-order valence-electron chi connectivity index (χ3n) is 5.19. The van der Waals surface area contributed by atoms with Gasteiger partial charge in [-0.05, 0) is 52.7 Å². The average Bonchev–Trinajstić information content (AvgIpc) is 2.86. The molecular formula is C23H24BrF3N6O3S. The predicted octanol–water partition coefficient (Wildman–Crippen LogP) is 3.63. The van der Waals surface area contributed by atoms with Crippen molar-refractivity contribution in [3.63, 3.8) is 0 Å². The van der Waals surface area contributed by atoms with Crippen molar-refractivity contribution in [2.45, 2.75) is 17.5 Å². The Bertz CT molecular complexity index is 1380. The van der Waals surface area contributed by atoms with Crippen molar-refractivity contribution in [2.75, 3.05) is 13.1 Å². The Kier molecular flexibility index (Phi) is 8.81. The minimum Gasteiger partial charge on any atom is -0.507 e. The molecule has 1 aliphatic rings. The van der Waals surface area contributed by atoms with Crippen molar-refractivity contribution in [3.8, 4) is 5.75 Å². The molecule has 37 heavy (non-hydrogen) atoms. The smallest absolute Gasteiger partial charge is 0.416 e. The highest BCUT2D eigenvalue weighted by molar-refractivity contribution is 9.11. The van der Waals surface area contributed by atoms with E-state index >= 15 is 0 Å². The van der Waals surface area contributed by atoms with Gasteiger partial charge in [-0.25, -0.2) is 19.3 Å². The maximum Gasteiger partial charge on any atom is 0.416 e. The number of hydrogen-bond acceptors (Lipinski definition) is 7. The Morgan fingerprint density at radius 1 is 1.24 bits per heavy atom. The molecule has 0 atom stereocenters. The third-order valence-corrected chi connectivity index (χ3v) is 7.54. The fourth-order valence-corrected chi connectivity index (χ4v) is 4.74. The standard InChI is InChI=1S/C23H24BrF3N6O3S/c1-2-18(24)22-31-19(17-9-3-4-10-20(17)34)14-21(33(22)29)30-11-6-12-32(28)37(35,36)16-8-5-7-15(13-16)23(25,26)27/h2-5,7-10,13-14,31,34H,1,6,11-12,28-29H2/b22-18+,30-21?. The van der Waals surface area contributed by atoms with Gasteiger partial charge in [0.05, 0.1) is 20.6 Å². The van der Waals surface area contributed by atoms with Gasteiger partial charge in [-0.2, -0.15) is 13.2 Å². The zero-order valence-corrected chi connectivity index (χ0v) is 21.7. The summed E-state index contributed by atoms with van der Waals surface area (Å²) in [5.74, 6) is 12.6. The number of alkyl halides is 3. The minimum absolute atomic E-state index is 0.0266. The lowest BCUT2D eigenvalue weighted by atomic mass is 10.1. The van der Waals surface area contributed by atoms with Gasteiger partial charge in [-0.15, -0.1) is 4.41 Å². The Labute approximate surface area is 220 Å². The zero-order chi connectivity index (χ0) is 27.4. The first-order chi connectivity index (χ1) is 17.4. The van der Waals surface area contributed by atoms with Crippen LogP contribution in [0.5, 0.6) is 5.75 Å². The number of benzene rings is 2. The molecule has 2 aromatic carbocycles. The molecular weight excluding hydrogens is 577 g/mol. The average molecular weight is 601 g/mol. The number of hydrogen-bond donors (Lipinski definition) is 4. The number of para-hydroxylation sites is 1. The summed E-state index contributed by atoms with van der Waals surface area (Å²) in [7, 11) is -4.36. The molecule has 9 nitrogen and oxygen atoms in total. The maximum atomic E-state index is 13.0. The quantitative estimate of drug-likeness (QED) is 0.206. The van der Waals surface area contributed by atoms with E-state index in [2.05, 4.69) is 32.8 Å². The van der Waals surface area contributed by atoms with Gasteiger partial charge < -0.3 is 10.4 Å². The van der Waals surface area contributed by atoms with E-state index in [0.29, 0.717) is 32.0 Å². The van der Waals surface area contributed by atoms with Crippen LogP contribution in [0.2, 0.25) is 0 Å². The van der Waals surface area contributed by atoms with Gasteiger partial charge in [0.2, 0.25) is 0 Å². The number of aliphatic imine (C=N–C) groups is 1. The number of nitrogens with two attached hydrogens (primary N) is 2. The summed E-state index contributed by atoms with van der Waals surface area (Å²) >= 11 is 3.36. The van der Waals surface area contributed by atoms with Crippen LogP contribution in [0.15, 0.2) is 87.5 Å². The van der Waals surface area contributed by atoms with Gasteiger partial charge in [0.25, 0.3) is 10.0 Å². The topological polar surface area (TPSA) is 137 Å².